The number of alkyl halides is 3. The average Bonchev–Trinajstić information content (AvgIpc) is 2.05. The van der Waals surface area contributed by atoms with Crippen LogP contribution in [-0.2, 0) is 13.8 Å². The molecule has 0 aliphatic heterocycles. The minimum atomic E-state index is -4.66. The molecule has 0 bridgehead atoms. The molecular weight excluding hydrogens is 311 g/mol. The highest BCUT2D eigenvalue weighted by Crippen LogP contribution is 2.19. The second-order valence-electron chi connectivity index (χ2n) is 4.76. The molecule has 10 heteroatoms. The number of rotatable bonds is 4. The van der Waals surface area contributed by atoms with Gasteiger partial charge in [-0.25, -0.2) is 13.2 Å². The summed E-state index contributed by atoms with van der Waals surface area (Å²) < 4.78 is 63.1. The lowest BCUT2D eigenvalue weighted by molar-refractivity contribution is -0.144. The summed E-state index contributed by atoms with van der Waals surface area (Å²) in [7, 11) is 0.902. The average molecular weight is 326 g/mol. The number of ether oxygens (including phenoxy) is 1. The zero-order valence-electron chi connectivity index (χ0n) is 10.6. The van der Waals surface area contributed by atoms with Crippen LogP contribution in [0.3, 0.4) is 0 Å². The normalized spacial score (nSPS) is 13.2. The molecule has 0 spiro atoms. The Morgan fingerprint density at radius 1 is 1.26 bits per heavy atom. The van der Waals surface area contributed by atoms with Crippen LogP contribution in [0.15, 0.2) is 0 Å². The Kier molecular flexibility index (Phi) is 5.94. The Morgan fingerprint density at radius 2 is 1.74 bits per heavy atom. The minimum Gasteiger partial charge on any atom is -0.444 e. The largest absolute Gasteiger partial charge is 0.444 e. The molecule has 0 aliphatic carbocycles. The van der Waals surface area contributed by atoms with Gasteiger partial charge in [0.1, 0.15) is 12.1 Å². The van der Waals surface area contributed by atoms with E-state index >= 15 is 0 Å². The zero-order chi connectivity index (χ0) is 15.5. The maximum atomic E-state index is 12.3. The summed E-state index contributed by atoms with van der Waals surface area (Å²) in [4.78, 5) is 11.8. The van der Waals surface area contributed by atoms with E-state index in [4.69, 9.17) is 15.4 Å². The van der Waals surface area contributed by atoms with Crippen LogP contribution in [0.25, 0.3) is 0 Å². The molecule has 0 heterocycles. The molecule has 0 saturated carbocycles. The quantitative estimate of drug-likeness (QED) is 0.744. The molecule has 0 atom stereocenters. The van der Waals surface area contributed by atoms with Crippen molar-refractivity contribution >= 4 is 25.8 Å². The van der Waals surface area contributed by atoms with Crippen molar-refractivity contribution in [3.8, 4) is 0 Å². The van der Waals surface area contributed by atoms with E-state index in [1.807, 2.05) is 0 Å². The van der Waals surface area contributed by atoms with Gasteiger partial charge in [-0.05, 0) is 20.8 Å². The standard InChI is InChI=1S/C9H15ClF3NO4S/c1-8(2,3)18-7(15)14(6-9(11,12)13)4-5-19(10,16)17/h4-6H2,1-3H3. The van der Waals surface area contributed by atoms with Gasteiger partial charge in [0.05, 0.1) is 5.75 Å². The van der Waals surface area contributed by atoms with Gasteiger partial charge in [-0.2, -0.15) is 13.2 Å². The third kappa shape index (κ3) is 10.9. The van der Waals surface area contributed by atoms with Gasteiger partial charge in [-0.3, -0.25) is 4.90 Å². The molecule has 0 fully saturated rings. The van der Waals surface area contributed by atoms with Gasteiger partial charge < -0.3 is 4.74 Å². The summed E-state index contributed by atoms with van der Waals surface area (Å²) in [5, 5.41) is 0. The number of amides is 1. The summed E-state index contributed by atoms with van der Waals surface area (Å²) in [6, 6.07) is 0. The molecule has 0 aromatic rings. The van der Waals surface area contributed by atoms with Crippen LogP contribution in [0.4, 0.5) is 18.0 Å². The van der Waals surface area contributed by atoms with Crippen LogP contribution >= 0.6 is 10.7 Å². The molecule has 0 aliphatic rings. The number of halogens is 4. The summed E-state index contributed by atoms with van der Waals surface area (Å²) in [6.07, 6.45) is -5.90. The third-order valence-corrected chi connectivity index (χ3v) is 2.76. The van der Waals surface area contributed by atoms with Crippen molar-refractivity contribution in [2.75, 3.05) is 18.8 Å². The van der Waals surface area contributed by atoms with E-state index in [1.165, 1.54) is 20.8 Å². The highest BCUT2D eigenvalue weighted by atomic mass is 35.7. The van der Waals surface area contributed by atoms with E-state index < -0.39 is 45.8 Å². The summed E-state index contributed by atoms with van der Waals surface area (Å²) in [5.41, 5.74) is -0.985. The first-order valence-corrected chi connectivity index (χ1v) is 7.64. The first-order chi connectivity index (χ1) is 8.20. The van der Waals surface area contributed by atoms with E-state index in [1.54, 1.807) is 0 Å². The summed E-state index contributed by atoms with van der Waals surface area (Å²) >= 11 is 0. The van der Waals surface area contributed by atoms with Crippen molar-refractivity contribution < 1.29 is 31.1 Å². The Balaban J connectivity index is 4.81. The SMILES string of the molecule is CC(C)(C)OC(=O)N(CCS(=O)(=O)Cl)CC(F)(F)F. The van der Waals surface area contributed by atoms with E-state index in [0.717, 1.165) is 0 Å². The van der Waals surface area contributed by atoms with Crippen molar-refractivity contribution in [1.82, 2.24) is 4.90 Å². The summed E-state index contributed by atoms with van der Waals surface area (Å²) in [6.45, 7) is 2.15. The molecule has 1 amide bonds. The second kappa shape index (κ2) is 6.17. The van der Waals surface area contributed by atoms with Crippen LogP contribution in [0, 0.1) is 0 Å². The zero-order valence-corrected chi connectivity index (χ0v) is 12.2. The Labute approximate surface area is 114 Å². The number of carbonyl (C=O) groups is 1. The van der Waals surface area contributed by atoms with Gasteiger partial charge in [0.15, 0.2) is 0 Å². The van der Waals surface area contributed by atoms with E-state index in [0.29, 0.717) is 0 Å². The molecule has 0 radical (unpaired) electrons. The lowest BCUT2D eigenvalue weighted by atomic mass is 10.2. The molecule has 0 aromatic carbocycles. The molecule has 114 valence electrons. The van der Waals surface area contributed by atoms with Crippen molar-refractivity contribution in [2.45, 2.75) is 32.5 Å². The van der Waals surface area contributed by atoms with Crippen molar-refractivity contribution in [3.63, 3.8) is 0 Å². The molecule has 0 aromatic heterocycles. The van der Waals surface area contributed by atoms with Gasteiger partial charge in [0.25, 0.3) is 0 Å². The monoisotopic (exact) mass is 325 g/mol. The first-order valence-electron chi connectivity index (χ1n) is 5.17. The van der Waals surface area contributed by atoms with E-state index in [-0.39, 0.29) is 4.90 Å². The molecule has 0 N–H and O–H groups in total. The van der Waals surface area contributed by atoms with Crippen molar-refractivity contribution in [3.05, 3.63) is 0 Å². The van der Waals surface area contributed by atoms with Gasteiger partial charge >= 0.3 is 12.3 Å². The minimum absolute atomic E-state index is 0.255. The molecule has 0 unspecified atom stereocenters. The number of hydrogen-bond acceptors (Lipinski definition) is 4. The smallest absolute Gasteiger partial charge is 0.410 e. The van der Waals surface area contributed by atoms with E-state index in [9.17, 15) is 26.4 Å². The predicted octanol–water partition coefficient (Wildman–Crippen LogP) is 2.35. The van der Waals surface area contributed by atoms with Crippen LogP contribution in [-0.4, -0.2) is 50.0 Å². The van der Waals surface area contributed by atoms with Gasteiger partial charge in [0.2, 0.25) is 9.05 Å². The van der Waals surface area contributed by atoms with Crippen LogP contribution < -0.4 is 0 Å². The fourth-order valence-corrected chi connectivity index (χ4v) is 1.64. The lowest BCUT2D eigenvalue weighted by Gasteiger charge is -2.27. The fraction of sp³-hybridized carbons (Fsp3) is 0.889. The maximum Gasteiger partial charge on any atom is 0.410 e. The molecule has 19 heavy (non-hydrogen) atoms. The van der Waals surface area contributed by atoms with Crippen LogP contribution in [0.5, 0.6) is 0 Å². The molecule has 0 rings (SSSR count). The topological polar surface area (TPSA) is 63.7 Å². The summed E-state index contributed by atoms with van der Waals surface area (Å²) in [5.74, 6) is -0.788. The van der Waals surface area contributed by atoms with Crippen LogP contribution in [0.2, 0.25) is 0 Å². The number of nitrogens with zero attached hydrogens (tertiary/aromatic N) is 1. The third-order valence-electron chi connectivity index (χ3n) is 1.63. The maximum absolute atomic E-state index is 12.3. The van der Waals surface area contributed by atoms with Crippen molar-refractivity contribution in [2.24, 2.45) is 0 Å². The van der Waals surface area contributed by atoms with Gasteiger partial charge in [0, 0.05) is 17.2 Å². The molecular formula is C9H15ClF3NO4S. The second-order valence-corrected chi connectivity index (χ2v) is 7.66. The molecule has 5 nitrogen and oxygen atoms in total. The van der Waals surface area contributed by atoms with Gasteiger partial charge in [-0.15, -0.1) is 0 Å². The highest BCUT2D eigenvalue weighted by Gasteiger charge is 2.35. The Morgan fingerprint density at radius 3 is 2.05 bits per heavy atom. The predicted molar refractivity (Wildman–Crippen MR) is 63.5 cm³/mol. The number of carbonyl (C=O) groups excluding carboxylic acids is 1. The first kappa shape index (κ1) is 18.3. The molecule has 0 saturated heterocycles. The van der Waals surface area contributed by atoms with Crippen LogP contribution in [0.1, 0.15) is 20.8 Å². The lowest BCUT2D eigenvalue weighted by Crippen LogP contribution is -2.43. The number of hydrogen-bond donors (Lipinski definition) is 0. The van der Waals surface area contributed by atoms with Gasteiger partial charge in [-0.1, -0.05) is 0 Å². The van der Waals surface area contributed by atoms with E-state index in [2.05, 4.69) is 0 Å². The Bertz CT molecular complexity index is 416. The fourth-order valence-electron chi connectivity index (χ4n) is 0.997. The van der Waals surface area contributed by atoms with Crippen molar-refractivity contribution in [1.29, 1.82) is 0 Å². The highest BCUT2D eigenvalue weighted by molar-refractivity contribution is 8.13. The Hall–Kier alpha value is -0.700.